The Bertz CT molecular complexity index is 531. The van der Waals surface area contributed by atoms with Gasteiger partial charge in [0.15, 0.2) is 5.13 Å². The lowest BCUT2D eigenvalue weighted by molar-refractivity contribution is 0.391. The van der Waals surface area contributed by atoms with Gasteiger partial charge in [-0.25, -0.2) is 4.98 Å². The third-order valence-corrected chi connectivity index (χ3v) is 3.91. The van der Waals surface area contributed by atoms with Gasteiger partial charge in [0.05, 0.1) is 14.2 Å². The number of thiazole rings is 1. The van der Waals surface area contributed by atoms with E-state index in [0.717, 1.165) is 26.8 Å². The van der Waals surface area contributed by atoms with E-state index in [9.17, 15) is 0 Å². The topological polar surface area (TPSA) is 43.4 Å². The van der Waals surface area contributed by atoms with Gasteiger partial charge >= 0.3 is 0 Å². The van der Waals surface area contributed by atoms with E-state index < -0.39 is 0 Å². The Balaban J connectivity index is 2.08. The van der Waals surface area contributed by atoms with Crippen molar-refractivity contribution in [3.8, 4) is 11.5 Å². The van der Waals surface area contributed by atoms with E-state index in [1.807, 2.05) is 23.6 Å². The Morgan fingerprint density at radius 1 is 1.33 bits per heavy atom. The number of ether oxygens (including phenoxy) is 2. The standard InChI is InChI=1S/C12H13BrN2O2S/c1-16-9-4-3-8(10(5-9)17-2)6-14-12-15-11(13)7-18-12/h3-5,7H,6H2,1-2H3,(H,14,15). The molecule has 4 nitrogen and oxygen atoms in total. The van der Waals surface area contributed by atoms with E-state index in [1.54, 1.807) is 25.6 Å². The fourth-order valence-corrected chi connectivity index (χ4v) is 2.65. The van der Waals surface area contributed by atoms with Gasteiger partial charge in [0.25, 0.3) is 0 Å². The highest BCUT2D eigenvalue weighted by Gasteiger charge is 2.06. The van der Waals surface area contributed by atoms with Crippen molar-refractivity contribution in [3.63, 3.8) is 0 Å². The minimum Gasteiger partial charge on any atom is -0.497 e. The van der Waals surface area contributed by atoms with Gasteiger partial charge in [0, 0.05) is 23.6 Å². The van der Waals surface area contributed by atoms with Crippen LogP contribution in [0.1, 0.15) is 5.56 Å². The second kappa shape index (κ2) is 6.06. The van der Waals surface area contributed by atoms with E-state index in [1.165, 1.54) is 0 Å². The molecule has 0 atom stereocenters. The number of nitrogens with one attached hydrogen (secondary N) is 1. The molecule has 0 amide bonds. The molecule has 1 heterocycles. The number of rotatable bonds is 5. The van der Waals surface area contributed by atoms with Crippen LogP contribution in [0.3, 0.4) is 0 Å². The van der Waals surface area contributed by atoms with Gasteiger partial charge in [0.1, 0.15) is 16.1 Å². The predicted octanol–water partition coefficient (Wildman–Crippen LogP) is 3.53. The highest BCUT2D eigenvalue weighted by molar-refractivity contribution is 9.10. The molecule has 2 rings (SSSR count). The number of methoxy groups -OCH3 is 2. The van der Waals surface area contributed by atoms with Crippen molar-refractivity contribution >= 4 is 32.4 Å². The van der Waals surface area contributed by atoms with Crippen LogP contribution in [0.5, 0.6) is 11.5 Å². The number of hydrogen-bond donors (Lipinski definition) is 1. The summed E-state index contributed by atoms with van der Waals surface area (Å²) in [6, 6.07) is 5.76. The van der Waals surface area contributed by atoms with Gasteiger partial charge in [-0.15, -0.1) is 11.3 Å². The van der Waals surface area contributed by atoms with Gasteiger partial charge in [-0.1, -0.05) is 0 Å². The largest absolute Gasteiger partial charge is 0.497 e. The van der Waals surface area contributed by atoms with Crippen LogP contribution in [0.4, 0.5) is 5.13 Å². The lowest BCUT2D eigenvalue weighted by Gasteiger charge is -2.10. The molecule has 0 radical (unpaired) electrons. The van der Waals surface area contributed by atoms with E-state index >= 15 is 0 Å². The molecule has 0 aliphatic carbocycles. The molecule has 0 saturated carbocycles. The van der Waals surface area contributed by atoms with Crippen LogP contribution >= 0.6 is 27.3 Å². The normalized spacial score (nSPS) is 10.2. The van der Waals surface area contributed by atoms with Crippen LogP contribution in [0.15, 0.2) is 28.2 Å². The molecule has 0 saturated heterocycles. The molecule has 0 unspecified atom stereocenters. The minimum atomic E-state index is 0.660. The lowest BCUT2D eigenvalue weighted by Crippen LogP contribution is -2.01. The Morgan fingerprint density at radius 3 is 2.78 bits per heavy atom. The lowest BCUT2D eigenvalue weighted by atomic mass is 10.2. The zero-order chi connectivity index (χ0) is 13.0. The summed E-state index contributed by atoms with van der Waals surface area (Å²) in [7, 11) is 3.29. The van der Waals surface area contributed by atoms with Crippen molar-refractivity contribution in [2.45, 2.75) is 6.54 Å². The summed E-state index contributed by atoms with van der Waals surface area (Å²) in [5.41, 5.74) is 1.06. The minimum absolute atomic E-state index is 0.660. The fourth-order valence-electron chi connectivity index (χ4n) is 1.50. The Morgan fingerprint density at radius 2 is 2.17 bits per heavy atom. The quantitative estimate of drug-likeness (QED) is 0.911. The van der Waals surface area contributed by atoms with E-state index in [2.05, 4.69) is 26.2 Å². The predicted molar refractivity (Wildman–Crippen MR) is 76.7 cm³/mol. The van der Waals surface area contributed by atoms with Gasteiger partial charge in [-0.05, 0) is 28.1 Å². The summed E-state index contributed by atoms with van der Waals surface area (Å²) in [6.07, 6.45) is 0. The van der Waals surface area contributed by atoms with Crippen LogP contribution < -0.4 is 14.8 Å². The highest BCUT2D eigenvalue weighted by atomic mass is 79.9. The molecule has 1 N–H and O–H groups in total. The highest BCUT2D eigenvalue weighted by Crippen LogP contribution is 2.26. The molecule has 2 aromatic rings. The first-order chi connectivity index (χ1) is 8.72. The number of hydrogen-bond acceptors (Lipinski definition) is 5. The maximum absolute atomic E-state index is 5.34. The average Bonchev–Trinajstić information content (AvgIpc) is 2.82. The maximum Gasteiger partial charge on any atom is 0.184 e. The van der Waals surface area contributed by atoms with Gasteiger partial charge < -0.3 is 14.8 Å². The monoisotopic (exact) mass is 328 g/mol. The van der Waals surface area contributed by atoms with Crippen molar-refractivity contribution in [1.82, 2.24) is 4.98 Å². The molecule has 0 bridgehead atoms. The number of nitrogens with zero attached hydrogens (tertiary/aromatic N) is 1. The summed E-state index contributed by atoms with van der Waals surface area (Å²) in [6.45, 7) is 0.660. The van der Waals surface area contributed by atoms with Crippen LogP contribution in [0, 0.1) is 0 Å². The van der Waals surface area contributed by atoms with Gasteiger partial charge in [-0.3, -0.25) is 0 Å². The summed E-state index contributed by atoms with van der Waals surface area (Å²) in [4.78, 5) is 4.27. The molecule has 1 aromatic heterocycles. The Labute approximate surface area is 118 Å². The number of aromatic nitrogens is 1. The Kier molecular flexibility index (Phi) is 4.43. The van der Waals surface area contributed by atoms with Gasteiger partial charge in [0.2, 0.25) is 0 Å². The molecule has 0 aliphatic heterocycles. The zero-order valence-corrected chi connectivity index (χ0v) is 12.5. The van der Waals surface area contributed by atoms with Crippen molar-refractivity contribution in [1.29, 1.82) is 0 Å². The van der Waals surface area contributed by atoms with E-state index in [0.29, 0.717) is 6.54 Å². The molecular weight excluding hydrogens is 316 g/mol. The Hall–Kier alpha value is -1.27. The maximum atomic E-state index is 5.34. The molecule has 6 heteroatoms. The molecule has 0 fully saturated rings. The smallest absolute Gasteiger partial charge is 0.184 e. The molecule has 96 valence electrons. The number of benzene rings is 1. The van der Waals surface area contributed by atoms with Gasteiger partial charge in [-0.2, -0.15) is 0 Å². The number of halogens is 1. The summed E-state index contributed by atoms with van der Waals surface area (Å²) in [5, 5.41) is 6.06. The van der Waals surface area contributed by atoms with E-state index in [4.69, 9.17) is 9.47 Å². The second-order valence-electron chi connectivity index (χ2n) is 3.51. The first-order valence-electron chi connectivity index (χ1n) is 5.28. The van der Waals surface area contributed by atoms with Crippen LogP contribution in [0.2, 0.25) is 0 Å². The molecule has 0 aliphatic rings. The van der Waals surface area contributed by atoms with Crippen LogP contribution in [-0.2, 0) is 6.54 Å². The third-order valence-electron chi connectivity index (χ3n) is 2.40. The van der Waals surface area contributed by atoms with Crippen molar-refractivity contribution in [2.75, 3.05) is 19.5 Å². The summed E-state index contributed by atoms with van der Waals surface area (Å²) in [5.74, 6) is 1.59. The van der Waals surface area contributed by atoms with Crippen molar-refractivity contribution < 1.29 is 9.47 Å². The first kappa shape index (κ1) is 13.2. The molecule has 0 spiro atoms. The van der Waals surface area contributed by atoms with E-state index in [-0.39, 0.29) is 0 Å². The summed E-state index contributed by atoms with van der Waals surface area (Å²) >= 11 is 4.88. The zero-order valence-electron chi connectivity index (χ0n) is 10.1. The van der Waals surface area contributed by atoms with Crippen molar-refractivity contribution in [2.24, 2.45) is 0 Å². The average molecular weight is 329 g/mol. The SMILES string of the molecule is COc1ccc(CNc2nc(Br)cs2)c(OC)c1. The van der Waals surface area contributed by atoms with Crippen LogP contribution in [0.25, 0.3) is 0 Å². The third kappa shape index (κ3) is 3.14. The second-order valence-corrected chi connectivity index (χ2v) is 5.18. The molecule has 18 heavy (non-hydrogen) atoms. The summed E-state index contributed by atoms with van der Waals surface area (Å²) < 4.78 is 11.3. The molecule has 1 aromatic carbocycles. The number of anilines is 1. The fraction of sp³-hybridized carbons (Fsp3) is 0.250. The first-order valence-corrected chi connectivity index (χ1v) is 6.96. The van der Waals surface area contributed by atoms with Crippen LogP contribution in [-0.4, -0.2) is 19.2 Å². The van der Waals surface area contributed by atoms with Crippen molar-refractivity contribution in [3.05, 3.63) is 33.7 Å². The molecular formula is C12H13BrN2O2S.